The van der Waals surface area contributed by atoms with Crippen molar-refractivity contribution in [2.75, 3.05) is 19.0 Å². The van der Waals surface area contributed by atoms with Gasteiger partial charge in [-0.05, 0) is 24.8 Å². The maximum atomic E-state index is 12.1. The minimum atomic E-state index is -0.434. The SMILES string of the molecule is COC(=O)c1cc(C(C)C)sc1NC(=O)[C@@H]1CCCO1. The number of nitrogens with one attached hydrogen (secondary N) is 1. The van der Waals surface area contributed by atoms with Gasteiger partial charge in [-0.15, -0.1) is 11.3 Å². The fraction of sp³-hybridized carbons (Fsp3) is 0.571. The molecule has 0 bridgehead atoms. The second-order valence-electron chi connectivity index (χ2n) is 5.03. The van der Waals surface area contributed by atoms with E-state index in [0.717, 1.165) is 17.7 Å². The van der Waals surface area contributed by atoms with E-state index in [-0.39, 0.29) is 11.8 Å². The lowest BCUT2D eigenvalue weighted by Crippen LogP contribution is -2.27. The van der Waals surface area contributed by atoms with E-state index < -0.39 is 12.1 Å². The fourth-order valence-corrected chi connectivity index (χ4v) is 3.08. The summed E-state index contributed by atoms with van der Waals surface area (Å²) in [6.45, 7) is 4.70. The molecule has 110 valence electrons. The summed E-state index contributed by atoms with van der Waals surface area (Å²) in [5, 5.41) is 3.34. The first-order valence-corrected chi connectivity index (χ1v) is 7.49. The van der Waals surface area contributed by atoms with Crippen LogP contribution < -0.4 is 5.32 Å². The zero-order valence-electron chi connectivity index (χ0n) is 11.9. The highest BCUT2D eigenvalue weighted by atomic mass is 32.1. The predicted molar refractivity (Wildman–Crippen MR) is 77.4 cm³/mol. The molecule has 5 nitrogen and oxygen atoms in total. The molecule has 1 aliphatic heterocycles. The van der Waals surface area contributed by atoms with Gasteiger partial charge in [-0.2, -0.15) is 0 Å². The van der Waals surface area contributed by atoms with Crippen molar-refractivity contribution in [1.82, 2.24) is 0 Å². The molecule has 1 aromatic heterocycles. The summed E-state index contributed by atoms with van der Waals surface area (Å²) in [6, 6.07) is 1.78. The monoisotopic (exact) mass is 297 g/mol. The van der Waals surface area contributed by atoms with E-state index in [1.54, 1.807) is 6.07 Å². The second-order valence-corrected chi connectivity index (χ2v) is 6.11. The lowest BCUT2D eigenvalue weighted by Gasteiger charge is -2.10. The Hall–Kier alpha value is -1.40. The molecule has 1 aliphatic rings. The van der Waals surface area contributed by atoms with Crippen LogP contribution in [0.1, 0.15) is 47.8 Å². The first-order valence-electron chi connectivity index (χ1n) is 6.67. The maximum absolute atomic E-state index is 12.1. The molecule has 1 aromatic rings. The Balaban J connectivity index is 2.20. The average molecular weight is 297 g/mol. The molecule has 1 N–H and O–H groups in total. The Morgan fingerprint density at radius 2 is 2.25 bits per heavy atom. The number of esters is 1. The fourth-order valence-electron chi connectivity index (χ4n) is 2.03. The number of methoxy groups -OCH3 is 1. The number of anilines is 1. The van der Waals surface area contributed by atoms with E-state index in [1.807, 2.05) is 13.8 Å². The zero-order chi connectivity index (χ0) is 14.7. The lowest BCUT2D eigenvalue weighted by molar-refractivity contribution is -0.124. The summed E-state index contributed by atoms with van der Waals surface area (Å²) in [7, 11) is 1.33. The van der Waals surface area contributed by atoms with E-state index in [2.05, 4.69) is 5.32 Å². The quantitative estimate of drug-likeness (QED) is 0.868. The molecule has 2 heterocycles. The predicted octanol–water partition coefficient (Wildman–Crippen LogP) is 2.78. The summed E-state index contributed by atoms with van der Waals surface area (Å²) >= 11 is 1.41. The van der Waals surface area contributed by atoms with E-state index >= 15 is 0 Å². The van der Waals surface area contributed by atoms with Crippen molar-refractivity contribution in [1.29, 1.82) is 0 Å². The van der Waals surface area contributed by atoms with Crippen LogP contribution in [0, 0.1) is 0 Å². The van der Waals surface area contributed by atoms with Crippen molar-refractivity contribution in [3.63, 3.8) is 0 Å². The van der Waals surface area contributed by atoms with E-state index in [1.165, 1.54) is 18.4 Å². The van der Waals surface area contributed by atoms with Gasteiger partial charge in [0.25, 0.3) is 5.91 Å². The van der Waals surface area contributed by atoms with Gasteiger partial charge < -0.3 is 14.8 Å². The van der Waals surface area contributed by atoms with Crippen LogP contribution in [0.25, 0.3) is 0 Å². The van der Waals surface area contributed by atoms with Gasteiger partial charge >= 0.3 is 5.97 Å². The molecule has 1 atom stereocenters. The standard InChI is InChI=1S/C14H19NO4S/c1-8(2)11-7-9(14(17)18-3)13(20-11)15-12(16)10-5-4-6-19-10/h7-8,10H,4-6H2,1-3H3,(H,15,16)/t10-/m0/s1. The smallest absolute Gasteiger partial charge is 0.340 e. The van der Waals surface area contributed by atoms with Crippen molar-refractivity contribution >= 4 is 28.2 Å². The molecule has 0 aromatic carbocycles. The Kier molecular flexibility index (Phi) is 4.77. The van der Waals surface area contributed by atoms with Crippen LogP contribution in [0.3, 0.4) is 0 Å². The van der Waals surface area contributed by atoms with Gasteiger partial charge in [0.05, 0.1) is 12.7 Å². The highest BCUT2D eigenvalue weighted by molar-refractivity contribution is 7.16. The van der Waals surface area contributed by atoms with Crippen LogP contribution in [-0.4, -0.2) is 31.7 Å². The summed E-state index contributed by atoms with van der Waals surface area (Å²) in [5.41, 5.74) is 0.410. The van der Waals surface area contributed by atoms with Gasteiger partial charge in [-0.3, -0.25) is 4.79 Å². The number of carbonyl (C=O) groups is 2. The molecule has 1 fully saturated rings. The van der Waals surface area contributed by atoms with Crippen molar-refractivity contribution < 1.29 is 19.1 Å². The zero-order valence-corrected chi connectivity index (χ0v) is 12.7. The Morgan fingerprint density at radius 1 is 1.50 bits per heavy atom. The van der Waals surface area contributed by atoms with Gasteiger partial charge in [0.1, 0.15) is 11.1 Å². The number of amides is 1. The summed E-state index contributed by atoms with van der Waals surface area (Å²) in [4.78, 5) is 24.9. The highest BCUT2D eigenvalue weighted by Crippen LogP contribution is 2.33. The van der Waals surface area contributed by atoms with Crippen LogP contribution in [0.15, 0.2) is 6.07 Å². The molecule has 20 heavy (non-hydrogen) atoms. The molecule has 0 saturated carbocycles. The molecule has 1 amide bonds. The number of carbonyl (C=O) groups excluding carboxylic acids is 2. The minimum absolute atomic E-state index is 0.190. The molecule has 0 spiro atoms. The second kappa shape index (κ2) is 6.37. The molecule has 2 rings (SSSR count). The van der Waals surface area contributed by atoms with Gasteiger partial charge in [0.2, 0.25) is 0 Å². The maximum Gasteiger partial charge on any atom is 0.340 e. The van der Waals surface area contributed by atoms with Crippen LogP contribution in [0.4, 0.5) is 5.00 Å². The summed E-state index contributed by atoms with van der Waals surface area (Å²) in [5.74, 6) is -0.336. The molecule has 0 unspecified atom stereocenters. The molecule has 0 aliphatic carbocycles. The number of rotatable bonds is 4. The topological polar surface area (TPSA) is 64.6 Å². The Morgan fingerprint density at radius 3 is 2.80 bits per heavy atom. The van der Waals surface area contributed by atoms with Gasteiger partial charge in [0.15, 0.2) is 0 Å². The van der Waals surface area contributed by atoms with Gasteiger partial charge in [-0.1, -0.05) is 13.8 Å². The molecule has 0 radical (unpaired) electrons. The molecule has 1 saturated heterocycles. The third kappa shape index (κ3) is 3.19. The summed E-state index contributed by atoms with van der Waals surface area (Å²) in [6.07, 6.45) is 1.20. The molecular weight excluding hydrogens is 278 g/mol. The van der Waals surface area contributed by atoms with Crippen molar-refractivity contribution in [2.45, 2.75) is 38.7 Å². The van der Waals surface area contributed by atoms with Crippen molar-refractivity contribution in [3.05, 3.63) is 16.5 Å². The first kappa shape index (κ1) is 15.0. The van der Waals surface area contributed by atoms with Crippen LogP contribution in [-0.2, 0) is 14.3 Å². The van der Waals surface area contributed by atoms with Crippen molar-refractivity contribution in [3.8, 4) is 0 Å². The third-order valence-electron chi connectivity index (χ3n) is 3.18. The average Bonchev–Trinajstić information content (AvgIpc) is 3.06. The number of thiophene rings is 1. The Bertz CT molecular complexity index is 503. The first-order chi connectivity index (χ1) is 9.52. The van der Waals surface area contributed by atoms with Crippen LogP contribution >= 0.6 is 11.3 Å². The number of hydrogen-bond donors (Lipinski definition) is 1. The normalized spacial score (nSPS) is 18.3. The third-order valence-corrected chi connectivity index (χ3v) is 4.54. The molecular formula is C14H19NO4S. The van der Waals surface area contributed by atoms with E-state index in [9.17, 15) is 9.59 Å². The molecule has 6 heteroatoms. The largest absolute Gasteiger partial charge is 0.465 e. The highest BCUT2D eigenvalue weighted by Gasteiger charge is 2.26. The van der Waals surface area contributed by atoms with Crippen molar-refractivity contribution in [2.24, 2.45) is 0 Å². The minimum Gasteiger partial charge on any atom is -0.465 e. The van der Waals surface area contributed by atoms with Gasteiger partial charge in [-0.25, -0.2) is 4.79 Å². The lowest BCUT2D eigenvalue weighted by atomic mass is 10.1. The van der Waals surface area contributed by atoms with Gasteiger partial charge in [0, 0.05) is 11.5 Å². The van der Waals surface area contributed by atoms with E-state index in [4.69, 9.17) is 9.47 Å². The number of ether oxygens (including phenoxy) is 2. The summed E-state index contributed by atoms with van der Waals surface area (Å²) < 4.78 is 10.1. The Labute approximate surface area is 122 Å². The number of hydrogen-bond acceptors (Lipinski definition) is 5. The van der Waals surface area contributed by atoms with Crippen LogP contribution in [0.5, 0.6) is 0 Å². The van der Waals surface area contributed by atoms with E-state index in [0.29, 0.717) is 17.2 Å². The van der Waals surface area contributed by atoms with Crippen LogP contribution in [0.2, 0.25) is 0 Å².